The van der Waals surface area contributed by atoms with Crippen molar-refractivity contribution in [3.63, 3.8) is 0 Å². The van der Waals surface area contributed by atoms with E-state index in [4.69, 9.17) is 24.5 Å². The van der Waals surface area contributed by atoms with Crippen molar-refractivity contribution in [1.82, 2.24) is 9.80 Å². The van der Waals surface area contributed by atoms with Crippen LogP contribution in [0, 0.1) is 11.8 Å². The summed E-state index contributed by atoms with van der Waals surface area (Å²) in [4.78, 5) is 33.1. The van der Waals surface area contributed by atoms with E-state index in [9.17, 15) is 4.79 Å². The molecule has 130 valence electrons. The lowest BCUT2D eigenvalue weighted by molar-refractivity contribution is -0.159. The summed E-state index contributed by atoms with van der Waals surface area (Å²) in [6.45, 7) is 4.73. The van der Waals surface area contributed by atoms with Gasteiger partial charge in [0.15, 0.2) is 0 Å². The number of amides is 1. The minimum Gasteiger partial charge on any atom is -0.473 e. The van der Waals surface area contributed by atoms with Gasteiger partial charge in [-0.25, -0.2) is 9.59 Å². The molecule has 0 bridgehead atoms. The van der Waals surface area contributed by atoms with Crippen LogP contribution < -0.4 is 0 Å². The Morgan fingerprint density at radius 1 is 1.26 bits per heavy atom. The Morgan fingerprint density at radius 2 is 1.87 bits per heavy atom. The van der Waals surface area contributed by atoms with Crippen molar-refractivity contribution in [3.05, 3.63) is 0 Å². The van der Waals surface area contributed by atoms with Crippen molar-refractivity contribution in [2.45, 2.75) is 25.8 Å². The molecule has 0 aromatic heterocycles. The Morgan fingerprint density at radius 3 is 2.35 bits per heavy atom. The van der Waals surface area contributed by atoms with E-state index in [1.165, 1.54) is 12.8 Å². The van der Waals surface area contributed by atoms with Crippen LogP contribution in [0.5, 0.6) is 0 Å². The summed E-state index contributed by atoms with van der Waals surface area (Å²) in [5, 5.41) is 14.8. The fourth-order valence-corrected chi connectivity index (χ4v) is 1.93. The van der Waals surface area contributed by atoms with E-state index in [1.807, 2.05) is 0 Å². The van der Waals surface area contributed by atoms with E-state index in [-0.39, 0.29) is 5.91 Å². The second kappa shape index (κ2) is 11.5. The zero-order valence-electron chi connectivity index (χ0n) is 13.7. The van der Waals surface area contributed by atoms with Gasteiger partial charge in [0.2, 0.25) is 5.91 Å². The number of aliphatic carboxylic acids is 2. The zero-order chi connectivity index (χ0) is 17.8. The average Bonchev–Trinajstić information content (AvgIpc) is 2.91. The van der Waals surface area contributed by atoms with Crippen LogP contribution in [0.1, 0.15) is 19.8 Å². The van der Waals surface area contributed by atoms with Crippen LogP contribution in [0.3, 0.4) is 0 Å². The number of carbonyl (C=O) groups excluding carboxylic acids is 1. The van der Waals surface area contributed by atoms with Crippen LogP contribution in [-0.4, -0.2) is 84.3 Å². The highest BCUT2D eigenvalue weighted by Gasteiger charge is 2.22. The predicted octanol–water partition coefficient (Wildman–Crippen LogP) is -0.265. The average molecular weight is 328 g/mol. The predicted molar refractivity (Wildman–Crippen MR) is 82.8 cm³/mol. The van der Waals surface area contributed by atoms with Gasteiger partial charge in [-0.2, -0.15) is 0 Å². The van der Waals surface area contributed by atoms with Gasteiger partial charge in [0.25, 0.3) is 0 Å². The molecule has 0 radical (unpaired) electrons. The number of carboxylic acid groups (broad SMARTS) is 2. The van der Waals surface area contributed by atoms with Crippen LogP contribution in [0.15, 0.2) is 0 Å². The topological polar surface area (TPSA) is 107 Å². The fourth-order valence-electron chi connectivity index (χ4n) is 1.93. The number of rotatable bonds is 4. The molecular formula is C15H24N2O6. The molecule has 0 aromatic carbocycles. The lowest BCUT2D eigenvalue weighted by atomic mass is 10.2. The number of nitrogens with zero attached hydrogens (tertiary/aromatic N) is 2. The van der Waals surface area contributed by atoms with Gasteiger partial charge >= 0.3 is 11.9 Å². The van der Waals surface area contributed by atoms with Gasteiger partial charge in [-0.1, -0.05) is 11.8 Å². The molecule has 0 spiro atoms. The third kappa shape index (κ3) is 9.50. The molecule has 1 fully saturated rings. The molecule has 1 saturated heterocycles. The molecule has 23 heavy (non-hydrogen) atoms. The van der Waals surface area contributed by atoms with E-state index >= 15 is 0 Å². The van der Waals surface area contributed by atoms with Crippen molar-refractivity contribution < 1.29 is 29.3 Å². The van der Waals surface area contributed by atoms with Gasteiger partial charge < -0.3 is 19.8 Å². The first-order valence-electron chi connectivity index (χ1n) is 7.16. The normalized spacial score (nSPS) is 16.6. The highest BCUT2D eigenvalue weighted by atomic mass is 16.5. The van der Waals surface area contributed by atoms with Crippen molar-refractivity contribution in [2.75, 3.05) is 40.4 Å². The summed E-state index contributed by atoms with van der Waals surface area (Å²) in [5.41, 5.74) is 0. The van der Waals surface area contributed by atoms with E-state index in [0.29, 0.717) is 12.6 Å². The minimum absolute atomic E-state index is 0.0535. The smallest absolute Gasteiger partial charge is 0.414 e. The third-order valence-corrected chi connectivity index (χ3v) is 3.30. The van der Waals surface area contributed by atoms with Crippen molar-refractivity contribution >= 4 is 17.8 Å². The van der Waals surface area contributed by atoms with Crippen molar-refractivity contribution in [2.24, 2.45) is 0 Å². The van der Waals surface area contributed by atoms with Gasteiger partial charge in [-0.3, -0.25) is 9.69 Å². The highest BCUT2D eigenvalue weighted by molar-refractivity contribution is 6.27. The maximum absolute atomic E-state index is 11.0. The maximum Gasteiger partial charge on any atom is 0.414 e. The quantitative estimate of drug-likeness (QED) is 0.540. The largest absolute Gasteiger partial charge is 0.473 e. The minimum atomic E-state index is -1.82. The standard InChI is InChI=1S/C13H22N2O2.C2H2O4/c1-12(16)14(2)8-4-5-9-15-10-6-7-13(15)11-17-3;3-1(4)2(5)6/h13H,6-11H2,1-3H3;(H,3,4)(H,5,6)/t13-;/m0./s1. The molecule has 1 aliphatic heterocycles. The molecule has 1 heterocycles. The van der Waals surface area contributed by atoms with Crippen LogP contribution in [0.4, 0.5) is 0 Å². The SMILES string of the molecule is COC[C@@H]1CCCN1CC#CCN(C)C(C)=O.O=C(O)C(=O)O. The second-order valence-corrected chi connectivity index (χ2v) is 5.06. The molecule has 1 atom stereocenters. The first-order chi connectivity index (χ1) is 10.8. The zero-order valence-corrected chi connectivity index (χ0v) is 13.7. The molecule has 1 rings (SSSR count). The van der Waals surface area contributed by atoms with Crippen molar-refractivity contribution in [1.29, 1.82) is 0 Å². The Bertz CT molecular complexity index is 456. The Hall–Kier alpha value is -2.11. The molecule has 0 unspecified atom stereocenters. The molecule has 0 aliphatic carbocycles. The summed E-state index contributed by atoms with van der Waals surface area (Å²) in [6, 6.07) is 0.514. The summed E-state index contributed by atoms with van der Waals surface area (Å²) in [6.07, 6.45) is 2.42. The van der Waals surface area contributed by atoms with E-state index in [1.54, 1.807) is 26.0 Å². The molecule has 8 nitrogen and oxygen atoms in total. The second-order valence-electron chi connectivity index (χ2n) is 5.06. The number of carboxylic acids is 2. The molecule has 8 heteroatoms. The third-order valence-electron chi connectivity index (χ3n) is 3.30. The molecular weight excluding hydrogens is 304 g/mol. The number of hydrogen-bond acceptors (Lipinski definition) is 5. The maximum atomic E-state index is 11.0. The van der Waals surface area contributed by atoms with E-state index in [0.717, 1.165) is 19.7 Å². The molecule has 0 aromatic rings. The summed E-state index contributed by atoms with van der Waals surface area (Å²) >= 11 is 0. The molecule has 1 amide bonds. The van der Waals surface area contributed by atoms with Crippen LogP contribution in [0.25, 0.3) is 0 Å². The van der Waals surface area contributed by atoms with E-state index in [2.05, 4.69) is 16.7 Å². The Kier molecular flexibility index (Phi) is 10.4. The van der Waals surface area contributed by atoms with Crippen molar-refractivity contribution in [3.8, 4) is 11.8 Å². The van der Waals surface area contributed by atoms with Crippen LogP contribution in [0.2, 0.25) is 0 Å². The lowest BCUT2D eigenvalue weighted by Gasteiger charge is -2.21. The van der Waals surface area contributed by atoms with Gasteiger partial charge in [-0.15, -0.1) is 0 Å². The molecule has 2 N–H and O–H groups in total. The van der Waals surface area contributed by atoms with Gasteiger partial charge in [0, 0.05) is 27.1 Å². The van der Waals surface area contributed by atoms with E-state index < -0.39 is 11.9 Å². The summed E-state index contributed by atoms with van der Waals surface area (Å²) < 4.78 is 5.19. The monoisotopic (exact) mass is 328 g/mol. The Labute approximate surface area is 136 Å². The lowest BCUT2D eigenvalue weighted by Crippen LogP contribution is -2.33. The summed E-state index contributed by atoms with van der Waals surface area (Å²) in [7, 11) is 3.50. The van der Waals surface area contributed by atoms with Gasteiger partial charge in [-0.05, 0) is 19.4 Å². The molecule has 1 aliphatic rings. The summed E-state index contributed by atoms with van der Waals surface area (Å²) in [5.74, 6) is 2.56. The number of hydrogen-bond donors (Lipinski definition) is 2. The number of likely N-dealkylation sites (tertiary alicyclic amines) is 1. The number of methoxy groups -OCH3 is 1. The number of carbonyl (C=O) groups is 3. The molecule has 0 saturated carbocycles. The van der Waals surface area contributed by atoms with Gasteiger partial charge in [0.1, 0.15) is 0 Å². The first kappa shape index (κ1) is 20.9. The number of ether oxygens (including phenoxy) is 1. The van der Waals surface area contributed by atoms with Gasteiger partial charge in [0.05, 0.1) is 19.7 Å². The Balaban J connectivity index is 0.000000688. The first-order valence-corrected chi connectivity index (χ1v) is 7.16. The highest BCUT2D eigenvalue weighted by Crippen LogP contribution is 2.16. The van der Waals surface area contributed by atoms with Crippen LogP contribution in [-0.2, 0) is 19.1 Å². The van der Waals surface area contributed by atoms with Crippen LogP contribution >= 0.6 is 0 Å². The fraction of sp³-hybridized carbons (Fsp3) is 0.667.